The summed E-state index contributed by atoms with van der Waals surface area (Å²) in [5.74, 6) is 10.9. The van der Waals surface area contributed by atoms with Gasteiger partial charge in [-0.3, -0.25) is 4.79 Å². The molecule has 1 aliphatic heterocycles. The highest BCUT2D eigenvalue weighted by Crippen LogP contribution is 2.33. The van der Waals surface area contributed by atoms with Gasteiger partial charge in [-0.05, 0) is 72.8 Å². The van der Waals surface area contributed by atoms with Gasteiger partial charge in [-0.2, -0.15) is 0 Å². The predicted molar refractivity (Wildman–Crippen MR) is 161 cm³/mol. The molecule has 0 bridgehead atoms. The van der Waals surface area contributed by atoms with Crippen LogP contribution in [0.3, 0.4) is 0 Å². The topological polar surface area (TPSA) is 38.8 Å². The second-order valence-electron chi connectivity index (χ2n) is 9.59. The Bertz CT molecular complexity index is 1840. The molecule has 0 spiro atoms. The first kappa shape index (κ1) is 25.6. The number of terminal acetylenes is 1. The van der Waals surface area contributed by atoms with E-state index in [1.165, 1.54) is 0 Å². The van der Waals surface area contributed by atoms with Gasteiger partial charge in [0.25, 0.3) is 0 Å². The number of benzene rings is 5. The molecule has 0 amide bonds. The van der Waals surface area contributed by atoms with Crippen LogP contribution in [0.2, 0.25) is 0 Å². The third kappa shape index (κ3) is 5.98. The first-order chi connectivity index (χ1) is 20.1. The zero-order chi connectivity index (χ0) is 28.0. The number of anilines is 1. The number of ether oxygens (including phenoxy) is 2. The molecule has 0 radical (unpaired) electrons. The van der Waals surface area contributed by atoms with Crippen LogP contribution in [0, 0.1) is 24.2 Å². The quantitative estimate of drug-likeness (QED) is 0.174. The molecular formula is C37H25NO3. The van der Waals surface area contributed by atoms with E-state index in [2.05, 4.69) is 22.7 Å². The molecule has 0 saturated carbocycles. The summed E-state index contributed by atoms with van der Waals surface area (Å²) in [5, 5.41) is 0. The Morgan fingerprint density at radius 1 is 0.707 bits per heavy atom. The largest absolute Gasteiger partial charge is 0.473 e. The molecule has 0 saturated heterocycles. The molecule has 0 fully saturated rings. The fraction of sp³-hybridized carbons (Fsp3) is 0.0541. The summed E-state index contributed by atoms with van der Waals surface area (Å²) >= 11 is 0. The normalized spacial score (nSPS) is 11.7. The van der Waals surface area contributed by atoms with E-state index < -0.39 is 0 Å². The van der Waals surface area contributed by atoms with E-state index in [1.807, 2.05) is 103 Å². The molecule has 0 aliphatic carbocycles. The fourth-order valence-corrected chi connectivity index (χ4v) is 4.65. The molecule has 0 aromatic heterocycles. The van der Waals surface area contributed by atoms with Crippen molar-refractivity contribution in [3.05, 3.63) is 155 Å². The van der Waals surface area contributed by atoms with Crippen LogP contribution in [0.1, 0.15) is 38.2 Å². The first-order valence-corrected chi connectivity index (χ1v) is 13.2. The van der Waals surface area contributed by atoms with Crippen LogP contribution in [0.25, 0.3) is 0 Å². The average Bonchev–Trinajstić information content (AvgIpc) is 3.04. The Labute approximate surface area is 239 Å². The summed E-state index contributed by atoms with van der Waals surface area (Å²) in [5.41, 5.74) is 5.64. The highest BCUT2D eigenvalue weighted by atomic mass is 16.5. The maximum absolute atomic E-state index is 13.3. The number of carbonyl (C=O) groups excluding carboxylic acids is 1. The summed E-state index contributed by atoms with van der Waals surface area (Å²) < 4.78 is 12.2. The summed E-state index contributed by atoms with van der Waals surface area (Å²) in [4.78, 5) is 15.5. The summed E-state index contributed by atoms with van der Waals surface area (Å²) in [6.07, 6.45) is 5.58. The second-order valence-corrected chi connectivity index (χ2v) is 9.59. The van der Waals surface area contributed by atoms with Gasteiger partial charge in [0, 0.05) is 45.6 Å². The van der Waals surface area contributed by atoms with Gasteiger partial charge in [-0.1, -0.05) is 66.3 Å². The van der Waals surface area contributed by atoms with E-state index in [-0.39, 0.29) is 5.78 Å². The highest BCUT2D eigenvalue weighted by molar-refractivity contribution is 6.09. The van der Waals surface area contributed by atoms with Crippen molar-refractivity contribution in [3.63, 3.8) is 0 Å². The number of hydrogen-bond donors (Lipinski definition) is 0. The van der Waals surface area contributed by atoms with Crippen molar-refractivity contribution in [1.82, 2.24) is 0 Å². The lowest BCUT2D eigenvalue weighted by atomic mass is 10.0. The third-order valence-electron chi connectivity index (χ3n) is 6.73. The molecule has 1 heterocycles. The third-order valence-corrected chi connectivity index (χ3v) is 6.73. The van der Waals surface area contributed by atoms with Crippen LogP contribution >= 0.6 is 0 Å². The van der Waals surface area contributed by atoms with Crippen molar-refractivity contribution in [2.45, 2.75) is 6.54 Å². The Morgan fingerprint density at radius 2 is 1.41 bits per heavy atom. The van der Waals surface area contributed by atoms with Gasteiger partial charge in [0.1, 0.15) is 17.2 Å². The number of rotatable bonds is 5. The molecule has 5 aromatic rings. The zero-order valence-electron chi connectivity index (χ0n) is 22.2. The molecule has 6 rings (SSSR count). The molecule has 0 unspecified atom stereocenters. The van der Waals surface area contributed by atoms with Gasteiger partial charge in [0.2, 0.25) is 0 Å². The molecule has 4 nitrogen and oxygen atoms in total. The first-order valence-electron chi connectivity index (χ1n) is 13.2. The van der Waals surface area contributed by atoms with Crippen LogP contribution in [-0.2, 0) is 6.54 Å². The number of carbonyl (C=O) groups is 1. The molecule has 4 heteroatoms. The molecular weight excluding hydrogens is 506 g/mol. The van der Waals surface area contributed by atoms with E-state index in [0.29, 0.717) is 35.9 Å². The second kappa shape index (κ2) is 11.6. The van der Waals surface area contributed by atoms with Crippen LogP contribution in [0.15, 0.2) is 121 Å². The average molecular weight is 532 g/mol. The Hall–Kier alpha value is -5.71. The standard InChI is InChI=1S/C37H25NO3/c1-2-27-11-7-15-33(22-27)38-25-32-24-35(19-20-36(32)40-26-38)41-34-16-8-14-31(23-34)37(39)30-13-6-12-29(21-30)18-17-28-9-4-3-5-10-28/h1,3-16,19-24H,25-26H2. The lowest BCUT2D eigenvalue weighted by molar-refractivity contribution is 0.103. The van der Waals surface area contributed by atoms with Crippen molar-refractivity contribution in [2.75, 3.05) is 11.6 Å². The lowest BCUT2D eigenvalue weighted by Gasteiger charge is -2.31. The Morgan fingerprint density at radius 3 is 2.27 bits per heavy atom. The van der Waals surface area contributed by atoms with E-state index in [4.69, 9.17) is 15.9 Å². The minimum atomic E-state index is -0.0949. The highest BCUT2D eigenvalue weighted by Gasteiger charge is 2.19. The van der Waals surface area contributed by atoms with Crippen molar-refractivity contribution >= 4 is 11.5 Å². The number of ketones is 1. The van der Waals surface area contributed by atoms with Crippen LogP contribution in [0.5, 0.6) is 17.2 Å². The van der Waals surface area contributed by atoms with Crippen LogP contribution in [-0.4, -0.2) is 12.5 Å². The number of hydrogen-bond acceptors (Lipinski definition) is 4. The maximum Gasteiger partial charge on any atom is 0.193 e. The minimum Gasteiger partial charge on any atom is -0.473 e. The van der Waals surface area contributed by atoms with Gasteiger partial charge >= 0.3 is 0 Å². The SMILES string of the molecule is C#Cc1cccc(N2COc3ccc(Oc4cccc(C(=O)c5cccc(C#Cc6ccccc6)c5)c4)cc3C2)c1. The summed E-state index contributed by atoms with van der Waals surface area (Å²) in [6, 6.07) is 38.0. The van der Waals surface area contributed by atoms with Crippen molar-refractivity contribution in [1.29, 1.82) is 0 Å². The summed E-state index contributed by atoms with van der Waals surface area (Å²) in [7, 11) is 0. The van der Waals surface area contributed by atoms with E-state index in [0.717, 1.165) is 33.7 Å². The van der Waals surface area contributed by atoms with Crippen LogP contribution in [0.4, 0.5) is 5.69 Å². The monoisotopic (exact) mass is 531 g/mol. The van der Waals surface area contributed by atoms with Crippen molar-refractivity contribution in [3.8, 4) is 41.4 Å². The summed E-state index contributed by atoms with van der Waals surface area (Å²) in [6.45, 7) is 1.09. The molecule has 41 heavy (non-hydrogen) atoms. The maximum atomic E-state index is 13.3. The lowest BCUT2D eigenvalue weighted by Crippen LogP contribution is -2.31. The van der Waals surface area contributed by atoms with Gasteiger partial charge in [-0.25, -0.2) is 0 Å². The van der Waals surface area contributed by atoms with Gasteiger partial charge in [0.15, 0.2) is 12.5 Å². The number of nitrogens with zero attached hydrogens (tertiary/aromatic N) is 1. The zero-order valence-corrected chi connectivity index (χ0v) is 22.2. The predicted octanol–water partition coefficient (Wildman–Crippen LogP) is 7.45. The van der Waals surface area contributed by atoms with E-state index in [1.54, 1.807) is 18.2 Å². The van der Waals surface area contributed by atoms with Gasteiger partial charge < -0.3 is 14.4 Å². The van der Waals surface area contributed by atoms with E-state index >= 15 is 0 Å². The molecule has 0 N–H and O–H groups in total. The molecule has 0 atom stereocenters. The smallest absolute Gasteiger partial charge is 0.193 e. The molecule has 1 aliphatic rings. The van der Waals surface area contributed by atoms with Gasteiger partial charge in [0.05, 0.1) is 0 Å². The minimum absolute atomic E-state index is 0.0949. The fourth-order valence-electron chi connectivity index (χ4n) is 4.65. The van der Waals surface area contributed by atoms with Crippen molar-refractivity contribution < 1.29 is 14.3 Å². The molecule has 5 aromatic carbocycles. The Kier molecular flexibility index (Phi) is 7.22. The van der Waals surface area contributed by atoms with Gasteiger partial charge in [-0.15, -0.1) is 6.42 Å². The molecule has 196 valence electrons. The van der Waals surface area contributed by atoms with E-state index in [9.17, 15) is 4.79 Å². The van der Waals surface area contributed by atoms with Crippen LogP contribution < -0.4 is 14.4 Å². The Balaban J connectivity index is 1.18. The number of fused-ring (bicyclic) bond motifs is 1. The van der Waals surface area contributed by atoms with Crippen molar-refractivity contribution in [2.24, 2.45) is 0 Å².